The zero-order chi connectivity index (χ0) is 14.5. The lowest BCUT2D eigenvalue weighted by Gasteiger charge is -2.03. The van der Waals surface area contributed by atoms with E-state index in [1.165, 1.54) is 5.56 Å². The molecule has 1 N–H and O–H groups in total. The first-order chi connectivity index (χ1) is 10.3. The van der Waals surface area contributed by atoms with Gasteiger partial charge in [-0.3, -0.25) is 4.79 Å². The minimum absolute atomic E-state index is 0.0324. The van der Waals surface area contributed by atoms with Crippen molar-refractivity contribution >= 4 is 27.5 Å². The number of benzene rings is 2. The number of nitrogens with zero attached hydrogens (tertiary/aromatic N) is 1. The highest BCUT2D eigenvalue weighted by Gasteiger charge is 2.08. The number of rotatable bonds is 5. The maximum absolute atomic E-state index is 11.9. The average molecular weight is 296 g/mol. The summed E-state index contributed by atoms with van der Waals surface area (Å²) < 4.78 is 1.13. The Hall–Kier alpha value is -2.20. The first-order valence-corrected chi connectivity index (χ1v) is 7.78. The second-order valence-corrected chi connectivity index (χ2v) is 5.95. The molecule has 0 aliphatic carbocycles. The van der Waals surface area contributed by atoms with Crippen molar-refractivity contribution in [3.63, 3.8) is 0 Å². The molecule has 1 amide bonds. The Balaban J connectivity index is 1.52. The molecule has 1 heterocycles. The van der Waals surface area contributed by atoms with Crippen LogP contribution in [0, 0.1) is 0 Å². The Bertz CT molecular complexity index is 704. The number of nitrogens with one attached hydrogen (secondary N) is 1. The van der Waals surface area contributed by atoms with Gasteiger partial charge in [-0.2, -0.15) is 0 Å². The smallest absolute Gasteiger partial charge is 0.226 e. The van der Waals surface area contributed by atoms with E-state index in [2.05, 4.69) is 22.4 Å². The van der Waals surface area contributed by atoms with Gasteiger partial charge in [0.15, 0.2) is 0 Å². The fraction of sp³-hybridized carbons (Fsp3) is 0.176. The third-order valence-corrected chi connectivity index (χ3v) is 4.27. The molecule has 0 unspecified atom stereocenters. The van der Waals surface area contributed by atoms with Crippen molar-refractivity contribution in [1.29, 1.82) is 0 Å². The summed E-state index contributed by atoms with van der Waals surface area (Å²) in [7, 11) is 0. The van der Waals surface area contributed by atoms with Gasteiger partial charge in [0, 0.05) is 6.54 Å². The molecular weight excluding hydrogens is 280 g/mol. The first-order valence-electron chi connectivity index (χ1n) is 6.96. The summed E-state index contributed by atoms with van der Waals surface area (Å²) in [6, 6.07) is 18.1. The van der Waals surface area contributed by atoms with Crippen molar-refractivity contribution < 1.29 is 4.79 Å². The molecule has 0 fully saturated rings. The Morgan fingerprint density at radius 2 is 1.81 bits per heavy atom. The van der Waals surface area contributed by atoms with Gasteiger partial charge in [-0.15, -0.1) is 11.3 Å². The normalized spacial score (nSPS) is 10.7. The highest BCUT2D eigenvalue weighted by Crippen LogP contribution is 2.21. The molecule has 0 saturated carbocycles. The van der Waals surface area contributed by atoms with Crippen molar-refractivity contribution in [1.82, 2.24) is 10.3 Å². The van der Waals surface area contributed by atoms with Crippen LogP contribution in [-0.2, 0) is 17.6 Å². The van der Waals surface area contributed by atoms with Crippen LogP contribution in [0.4, 0.5) is 0 Å². The van der Waals surface area contributed by atoms with E-state index in [9.17, 15) is 4.79 Å². The summed E-state index contributed by atoms with van der Waals surface area (Å²) in [5.74, 6) is 0.0324. The molecule has 3 aromatic rings. The number of hydrogen-bond acceptors (Lipinski definition) is 3. The van der Waals surface area contributed by atoms with Gasteiger partial charge in [0.1, 0.15) is 5.01 Å². The molecule has 21 heavy (non-hydrogen) atoms. The van der Waals surface area contributed by atoms with E-state index in [1.54, 1.807) is 11.3 Å². The minimum Gasteiger partial charge on any atom is -0.355 e. The summed E-state index contributed by atoms with van der Waals surface area (Å²) >= 11 is 1.58. The number of aromatic nitrogens is 1. The molecule has 0 bridgehead atoms. The Kier molecular flexibility index (Phi) is 4.26. The Morgan fingerprint density at radius 3 is 2.62 bits per heavy atom. The number of amides is 1. The molecule has 0 atom stereocenters. The summed E-state index contributed by atoms with van der Waals surface area (Å²) in [4.78, 5) is 16.4. The van der Waals surface area contributed by atoms with Crippen LogP contribution in [0.25, 0.3) is 10.2 Å². The van der Waals surface area contributed by atoms with Crippen LogP contribution in [0.3, 0.4) is 0 Å². The summed E-state index contributed by atoms with van der Waals surface area (Å²) in [5.41, 5.74) is 2.20. The molecule has 0 spiro atoms. The zero-order valence-electron chi connectivity index (χ0n) is 11.6. The summed E-state index contributed by atoms with van der Waals surface area (Å²) in [6.07, 6.45) is 1.21. The lowest BCUT2D eigenvalue weighted by atomic mass is 10.1. The van der Waals surface area contributed by atoms with Crippen molar-refractivity contribution in [2.75, 3.05) is 6.54 Å². The van der Waals surface area contributed by atoms with Gasteiger partial charge in [-0.1, -0.05) is 42.5 Å². The molecule has 1 aromatic heterocycles. The third kappa shape index (κ3) is 3.67. The summed E-state index contributed by atoms with van der Waals surface area (Å²) in [5, 5.41) is 3.82. The molecule has 2 aromatic carbocycles. The van der Waals surface area contributed by atoms with E-state index in [0.29, 0.717) is 13.0 Å². The molecular formula is C17H16N2OS. The lowest BCUT2D eigenvalue weighted by molar-refractivity contribution is -0.120. The Labute approximate surface area is 127 Å². The maximum atomic E-state index is 11.9. The minimum atomic E-state index is 0.0324. The predicted octanol–water partition coefficient (Wildman–Crippen LogP) is 3.20. The molecule has 0 aliphatic rings. The van der Waals surface area contributed by atoms with Crippen molar-refractivity contribution in [2.24, 2.45) is 0 Å². The molecule has 3 nitrogen and oxygen atoms in total. The van der Waals surface area contributed by atoms with Gasteiger partial charge >= 0.3 is 0 Å². The van der Waals surface area contributed by atoms with E-state index in [-0.39, 0.29) is 5.91 Å². The molecule has 0 radical (unpaired) electrons. The second kappa shape index (κ2) is 6.50. The molecule has 4 heteroatoms. The van der Waals surface area contributed by atoms with E-state index in [4.69, 9.17) is 0 Å². The topological polar surface area (TPSA) is 42.0 Å². The van der Waals surface area contributed by atoms with Crippen LogP contribution in [0.15, 0.2) is 54.6 Å². The average Bonchev–Trinajstić information content (AvgIpc) is 2.90. The highest BCUT2D eigenvalue weighted by atomic mass is 32.1. The molecule has 0 aliphatic heterocycles. The van der Waals surface area contributed by atoms with E-state index < -0.39 is 0 Å². The SMILES string of the molecule is O=C(Cc1nc2ccccc2s1)NCCc1ccccc1. The van der Waals surface area contributed by atoms with Crippen molar-refractivity contribution in [3.8, 4) is 0 Å². The number of fused-ring (bicyclic) bond motifs is 1. The predicted molar refractivity (Wildman–Crippen MR) is 86.5 cm³/mol. The molecule has 3 rings (SSSR count). The van der Waals surface area contributed by atoms with Crippen LogP contribution in [0.1, 0.15) is 10.6 Å². The summed E-state index contributed by atoms with van der Waals surface area (Å²) in [6.45, 7) is 0.660. The number of para-hydroxylation sites is 1. The van der Waals surface area contributed by atoms with Gasteiger partial charge < -0.3 is 5.32 Å². The van der Waals surface area contributed by atoms with Crippen molar-refractivity contribution in [2.45, 2.75) is 12.8 Å². The van der Waals surface area contributed by atoms with E-state index >= 15 is 0 Å². The number of carbonyl (C=O) groups is 1. The van der Waals surface area contributed by atoms with Gasteiger partial charge in [0.2, 0.25) is 5.91 Å². The fourth-order valence-electron chi connectivity index (χ4n) is 2.19. The van der Waals surface area contributed by atoms with Crippen LogP contribution in [-0.4, -0.2) is 17.4 Å². The van der Waals surface area contributed by atoms with Gasteiger partial charge in [-0.05, 0) is 24.1 Å². The maximum Gasteiger partial charge on any atom is 0.226 e. The standard InChI is InChI=1S/C17H16N2OS/c20-16(18-11-10-13-6-2-1-3-7-13)12-17-19-14-8-4-5-9-15(14)21-17/h1-9H,10-12H2,(H,18,20). The second-order valence-electron chi connectivity index (χ2n) is 4.84. The van der Waals surface area contributed by atoms with Crippen LogP contribution >= 0.6 is 11.3 Å². The van der Waals surface area contributed by atoms with Gasteiger partial charge in [-0.25, -0.2) is 4.98 Å². The quantitative estimate of drug-likeness (QED) is 0.785. The van der Waals surface area contributed by atoms with E-state index in [1.807, 2.05) is 42.5 Å². The third-order valence-electron chi connectivity index (χ3n) is 3.23. The van der Waals surface area contributed by atoms with Crippen molar-refractivity contribution in [3.05, 3.63) is 65.2 Å². The van der Waals surface area contributed by atoms with Crippen LogP contribution in [0.2, 0.25) is 0 Å². The largest absolute Gasteiger partial charge is 0.355 e. The van der Waals surface area contributed by atoms with Gasteiger partial charge in [0.05, 0.1) is 16.6 Å². The number of hydrogen-bond donors (Lipinski definition) is 1. The number of carbonyl (C=O) groups excluding carboxylic acids is 1. The Morgan fingerprint density at radius 1 is 1.05 bits per heavy atom. The lowest BCUT2D eigenvalue weighted by Crippen LogP contribution is -2.27. The molecule has 106 valence electrons. The number of thiazole rings is 1. The van der Waals surface area contributed by atoms with Gasteiger partial charge in [0.25, 0.3) is 0 Å². The van der Waals surface area contributed by atoms with Crippen LogP contribution < -0.4 is 5.32 Å². The van der Waals surface area contributed by atoms with Crippen LogP contribution in [0.5, 0.6) is 0 Å². The highest BCUT2D eigenvalue weighted by molar-refractivity contribution is 7.18. The zero-order valence-corrected chi connectivity index (χ0v) is 12.4. The molecule has 0 saturated heterocycles. The van der Waals surface area contributed by atoms with E-state index in [0.717, 1.165) is 21.6 Å². The monoisotopic (exact) mass is 296 g/mol. The fourth-order valence-corrected chi connectivity index (χ4v) is 3.15. The first kappa shape index (κ1) is 13.8.